The highest BCUT2D eigenvalue weighted by atomic mass is 16.6. The van der Waals surface area contributed by atoms with Crippen LogP contribution in [-0.4, -0.2) is 18.0 Å². The van der Waals surface area contributed by atoms with Crippen molar-refractivity contribution < 1.29 is 9.53 Å². The van der Waals surface area contributed by atoms with E-state index in [1.54, 1.807) is 0 Å². The first kappa shape index (κ1) is 10.7. The molecule has 2 heteroatoms. The van der Waals surface area contributed by atoms with E-state index in [0.29, 0.717) is 0 Å². The minimum atomic E-state index is -0.273. The Kier molecular flexibility index (Phi) is 2.31. The molecule has 0 bridgehead atoms. The molecule has 0 amide bonds. The summed E-state index contributed by atoms with van der Waals surface area (Å²) in [5.41, 5.74) is -0.184. The van der Waals surface area contributed by atoms with Crippen LogP contribution >= 0.6 is 0 Å². The van der Waals surface area contributed by atoms with Crippen LogP contribution in [0, 0.1) is 10.8 Å². The first-order valence-electron chi connectivity index (χ1n) is 4.84. The second kappa shape index (κ2) is 2.81. The van der Waals surface area contributed by atoms with Gasteiger partial charge in [0, 0.05) is 5.41 Å². The van der Waals surface area contributed by atoms with Gasteiger partial charge in [0.25, 0.3) is 0 Å². The molecule has 0 N–H and O–H groups in total. The average Bonchev–Trinajstić information content (AvgIpc) is 2.58. The van der Waals surface area contributed by atoms with Gasteiger partial charge in [0.2, 0.25) is 0 Å². The van der Waals surface area contributed by atoms with Crippen LogP contribution in [0.25, 0.3) is 0 Å². The van der Waals surface area contributed by atoms with E-state index in [2.05, 4.69) is 20.8 Å². The summed E-state index contributed by atoms with van der Waals surface area (Å²) < 4.78 is 5.42. The van der Waals surface area contributed by atoms with Gasteiger partial charge in [0.15, 0.2) is 5.78 Å². The number of carbonyl (C=O) groups is 1. The molecular weight excluding hydrogens is 164 g/mol. The first-order valence-corrected chi connectivity index (χ1v) is 4.84. The van der Waals surface area contributed by atoms with Gasteiger partial charge < -0.3 is 4.74 Å². The van der Waals surface area contributed by atoms with Crippen LogP contribution in [0.1, 0.15) is 41.5 Å². The lowest BCUT2D eigenvalue weighted by Gasteiger charge is -2.17. The number of carbonyl (C=O) groups excluding carboxylic acids is 1. The van der Waals surface area contributed by atoms with Crippen LogP contribution in [0.3, 0.4) is 0 Å². The summed E-state index contributed by atoms with van der Waals surface area (Å²) >= 11 is 0. The molecule has 0 radical (unpaired) electrons. The van der Waals surface area contributed by atoms with Gasteiger partial charge in [-0.05, 0) is 5.41 Å². The van der Waals surface area contributed by atoms with E-state index in [-0.39, 0.29) is 28.8 Å². The highest BCUT2D eigenvalue weighted by Crippen LogP contribution is 2.41. The third-order valence-corrected chi connectivity index (χ3v) is 2.34. The van der Waals surface area contributed by atoms with E-state index >= 15 is 0 Å². The Balaban J connectivity index is 2.58. The monoisotopic (exact) mass is 184 g/mol. The molecule has 1 fully saturated rings. The highest BCUT2D eigenvalue weighted by Gasteiger charge is 2.53. The van der Waals surface area contributed by atoms with Gasteiger partial charge in [-0.1, -0.05) is 41.5 Å². The summed E-state index contributed by atoms with van der Waals surface area (Å²) in [5.74, 6) is 0.229. The van der Waals surface area contributed by atoms with Crippen molar-refractivity contribution in [2.24, 2.45) is 10.8 Å². The highest BCUT2D eigenvalue weighted by molar-refractivity contribution is 5.90. The molecule has 2 atom stereocenters. The fourth-order valence-electron chi connectivity index (χ4n) is 1.40. The number of ketones is 1. The SMILES string of the molecule is CC(C)(C)C(=O)[C@H]1O[C@@H]1C(C)(C)C. The Hall–Kier alpha value is -0.370. The Morgan fingerprint density at radius 2 is 1.54 bits per heavy atom. The summed E-state index contributed by atoms with van der Waals surface area (Å²) in [6.07, 6.45) is -0.0285. The molecule has 1 rings (SSSR count). The summed E-state index contributed by atoms with van der Waals surface area (Å²) in [5, 5.41) is 0. The standard InChI is InChI=1S/C11H20O2/c1-10(2,3)8(12)7-9(13-7)11(4,5)6/h7,9H,1-6H3/t7-,9+/m1/s1. The summed E-state index contributed by atoms with van der Waals surface area (Å²) in [6, 6.07) is 0. The first-order chi connectivity index (χ1) is 5.64. The zero-order chi connectivity index (χ0) is 10.4. The van der Waals surface area contributed by atoms with Crippen LogP contribution in [-0.2, 0) is 9.53 Å². The number of hydrogen-bond donors (Lipinski definition) is 0. The quantitative estimate of drug-likeness (QED) is 0.586. The maximum atomic E-state index is 11.8. The van der Waals surface area contributed by atoms with Crippen molar-refractivity contribution in [3.05, 3.63) is 0 Å². The van der Waals surface area contributed by atoms with Gasteiger partial charge in [-0.2, -0.15) is 0 Å². The summed E-state index contributed by atoms with van der Waals surface area (Å²) in [7, 11) is 0. The second-order valence-electron chi connectivity index (χ2n) is 5.96. The van der Waals surface area contributed by atoms with E-state index in [0.717, 1.165) is 0 Å². The van der Waals surface area contributed by atoms with Crippen molar-refractivity contribution in [1.29, 1.82) is 0 Å². The smallest absolute Gasteiger partial charge is 0.169 e. The molecule has 76 valence electrons. The van der Waals surface area contributed by atoms with Crippen molar-refractivity contribution >= 4 is 5.78 Å². The van der Waals surface area contributed by atoms with E-state index in [1.165, 1.54) is 0 Å². The lowest BCUT2D eigenvalue weighted by molar-refractivity contribution is -0.127. The molecule has 2 nitrogen and oxygen atoms in total. The third kappa shape index (κ3) is 2.31. The van der Waals surface area contributed by atoms with Crippen LogP contribution in [0.5, 0.6) is 0 Å². The Morgan fingerprint density at radius 1 is 1.08 bits per heavy atom. The molecule has 13 heavy (non-hydrogen) atoms. The molecule has 1 saturated heterocycles. The van der Waals surface area contributed by atoms with Crippen LogP contribution in [0.2, 0.25) is 0 Å². The maximum absolute atomic E-state index is 11.8. The van der Waals surface area contributed by atoms with E-state index in [1.807, 2.05) is 20.8 Å². The van der Waals surface area contributed by atoms with Crippen molar-refractivity contribution in [3.8, 4) is 0 Å². The molecule has 0 aromatic heterocycles. The zero-order valence-electron chi connectivity index (χ0n) is 9.47. The van der Waals surface area contributed by atoms with Gasteiger partial charge in [-0.15, -0.1) is 0 Å². The van der Waals surface area contributed by atoms with Gasteiger partial charge in [0.05, 0.1) is 6.10 Å². The number of rotatable bonds is 1. The summed E-state index contributed by atoms with van der Waals surface area (Å²) in [4.78, 5) is 11.8. The lowest BCUT2D eigenvalue weighted by atomic mass is 9.83. The third-order valence-electron chi connectivity index (χ3n) is 2.34. The van der Waals surface area contributed by atoms with Crippen molar-refractivity contribution in [2.75, 3.05) is 0 Å². The fraction of sp³-hybridized carbons (Fsp3) is 0.909. The Bertz CT molecular complexity index is 217. The van der Waals surface area contributed by atoms with Crippen LogP contribution in [0.4, 0.5) is 0 Å². The molecule has 0 aliphatic carbocycles. The zero-order valence-corrected chi connectivity index (χ0v) is 9.47. The normalized spacial score (nSPS) is 28.8. The minimum absolute atomic E-state index is 0.0889. The van der Waals surface area contributed by atoms with Crippen molar-refractivity contribution in [2.45, 2.75) is 53.8 Å². The number of ether oxygens (including phenoxy) is 1. The van der Waals surface area contributed by atoms with Gasteiger partial charge >= 0.3 is 0 Å². The molecule has 0 saturated carbocycles. The van der Waals surface area contributed by atoms with E-state index in [9.17, 15) is 4.79 Å². The average molecular weight is 184 g/mol. The van der Waals surface area contributed by atoms with E-state index in [4.69, 9.17) is 4.74 Å². The molecular formula is C11H20O2. The van der Waals surface area contributed by atoms with E-state index < -0.39 is 0 Å². The minimum Gasteiger partial charge on any atom is -0.361 e. The number of Topliss-reactive ketones (excluding diaryl/α,β-unsaturated/α-hetero) is 1. The predicted molar refractivity (Wildman–Crippen MR) is 52.6 cm³/mol. The molecule has 1 heterocycles. The number of hydrogen-bond acceptors (Lipinski definition) is 2. The molecule has 1 aliphatic rings. The van der Waals surface area contributed by atoms with Crippen LogP contribution < -0.4 is 0 Å². The molecule has 1 aliphatic heterocycles. The molecule has 0 unspecified atom stereocenters. The largest absolute Gasteiger partial charge is 0.361 e. The molecule has 0 aromatic rings. The Labute approximate surface area is 80.7 Å². The summed E-state index contributed by atoms with van der Waals surface area (Å²) in [6.45, 7) is 12.1. The second-order valence-corrected chi connectivity index (χ2v) is 5.96. The van der Waals surface area contributed by atoms with Gasteiger partial charge in [0.1, 0.15) is 6.10 Å². The Morgan fingerprint density at radius 3 is 1.77 bits per heavy atom. The number of epoxide rings is 1. The van der Waals surface area contributed by atoms with Gasteiger partial charge in [-0.3, -0.25) is 4.79 Å². The maximum Gasteiger partial charge on any atom is 0.169 e. The van der Waals surface area contributed by atoms with Gasteiger partial charge in [-0.25, -0.2) is 0 Å². The molecule has 0 spiro atoms. The van der Waals surface area contributed by atoms with Crippen molar-refractivity contribution in [1.82, 2.24) is 0 Å². The molecule has 0 aromatic carbocycles. The van der Waals surface area contributed by atoms with Crippen molar-refractivity contribution in [3.63, 3.8) is 0 Å². The predicted octanol–water partition coefficient (Wildman–Crippen LogP) is 2.42. The van der Waals surface area contributed by atoms with Crippen LogP contribution in [0.15, 0.2) is 0 Å². The fourth-order valence-corrected chi connectivity index (χ4v) is 1.40. The lowest BCUT2D eigenvalue weighted by Crippen LogP contribution is -2.29. The topological polar surface area (TPSA) is 29.6 Å².